The smallest absolute Gasteiger partial charge is 0.416 e. The average molecular weight is 906 g/mol. The molecule has 3 heterocycles. The summed E-state index contributed by atoms with van der Waals surface area (Å²) in [4.78, 5) is 52.6. The largest absolute Gasteiger partial charge is 0.486 e. The molecule has 0 bridgehead atoms. The predicted molar refractivity (Wildman–Crippen MR) is 248 cm³/mol. The first-order chi connectivity index (χ1) is 32.1. The first-order valence-electron chi connectivity index (χ1n) is 21.3. The highest BCUT2D eigenvalue weighted by Gasteiger charge is 2.26. The van der Waals surface area contributed by atoms with Gasteiger partial charge in [-0.1, -0.05) is 67.6 Å². The fourth-order valence-corrected chi connectivity index (χ4v) is 8.88. The molecule has 336 valence electrons. The summed E-state index contributed by atoms with van der Waals surface area (Å²) in [5.41, 5.74) is 7.28. The van der Waals surface area contributed by atoms with E-state index in [0.29, 0.717) is 34.9 Å². The number of aromatic nitrogens is 8. The summed E-state index contributed by atoms with van der Waals surface area (Å²) in [6.07, 6.45) is 4.10. The van der Waals surface area contributed by atoms with E-state index in [9.17, 15) is 19.5 Å². The number of H-pyrrole nitrogens is 2. The zero-order valence-electron chi connectivity index (χ0n) is 36.5. The third kappa shape index (κ3) is 10.8. The van der Waals surface area contributed by atoms with Gasteiger partial charge < -0.3 is 28.9 Å². The Balaban J connectivity index is 0.956. The Kier molecular flexibility index (Phi) is 14.1. The summed E-state index contributed by atoms with van der Waals surface area (Å²) in [5, 5.41) is 24.4. The van der Waals surface area contributed by atoms with Crippen molar-refractivity contribution < 1.29 is 33.7 Å². The number of carboxylic acids is 1. The van der Waals surface area contributed by atoms with Gasteiger partial charge in [-0.05, 0) is 108 Å². The fraction of sp³-hybridized carbons (Fsp3) is 0.224. The van der Waals surface area contributed by atoms with Crippen molar-refractivity contribution in [2.24, 2.45) is 13.0 Å². The van der Waals surface area contributed by atoms with Gasteiger partial charge in [-0.25, -0.2) is 19.6 Å². The topological polar surface area (TPSA) is 203 Å². The molecule has 0 aliphatic heterocycles. The molecule has 2 unspecified atom stereocenters. The van der Waals surface area contributed by atoms with E-state index in [-0.39, 0.29) is 36.9 Å². The van der Waals surface area contributed by atoms with Crippen LogP contribution in [0.3, 0.4) is 0 Å². The number of hydrogen-bond donors (Lipinski definition) is 3. The highest BCUT2D eigenvalue weighted by molar-refractivity contribution is 7.99. The Bertz CT molecular complexity index is 2890. The number of nitrogens with zero attached hydrogens (tertiary/aromatic N) is 7. The van der Waals surface area contributed by atoms with Crippen LogP contribution in [0.15, 0.2) is 133 Å². The number of hydrogen-bond acceptors (Lipinski definition) is 12. The minimum Gasteiger partial charge on any atom is -0.486 e. The summed E-state index contributed by atoms with van der Waals surface area (Å²) in [6.45, 7) is 3.97. The zero-order chi connectivity index (χ0) is 46.0. The number of thioether (sulfide) groups is 1. The van der Waals surface area contributed by atoms with Gasteiger partial charge in [0.15, 0.2) is 0 Å². The Morgan fingerprint density at radius 1 is 0.909 bits per heavy atom. The minimum atomic E-state index is -1.15. The Hall–Kier alpha value is -7.79. The van der Waals surface area contributed by atoms with E-state index in [2.05, 4.69) is 49.6 Å². The first-order valence-corrected chi connectivity index (χ1v) is 22.2. The van der Waals surface area contributed by atoms with Crippen LogP contribution >= 0.6 is 11.8 Å². The minimum absolute atomic E-state index is 0.0130. The summed E-state index contributed by atoms with van der Waals surface area (Å²) < 4.78 is 19.1. The second kappa shape index (κ2) is 20.8. The van der Waals surface area contributed by atoms with Gasteiger partial charge in [0.1, 0.15) is 30.5 Å². The molecule has 8 rings (SSSR count). The Morgan fingerprint density at radius 2 is 1.68 bits per heavy atom. The molecule has 0 fully saturated rings. The molecule has 0 saturated heterocycles. The van der Waals surface area contributed by atoms with Crippen molar-refractivity contribution in [2.45, 2.75) is 50.0 Å². The van der Waals surface area contributed by atoms with Crippen LogP contribution in [-0.4, -0.2) is 81.3 Å². The number of aryl methyl sites for hydroxylation is 2. The fourth-order valence-electron chi connectivity index (χ4n) is 7.64. The van der Waals surface area contributed by atoms with Crippen LogP contribution in [0, 0.1) is 5.92 Å². The van der Waals surface area contributed by atoms with Crippen molar-refractivity contribution in [2.75, 3.05) is 13.2 Å². The monoisotopic (exact) mass is 905 g/mol. The highest BCUT2D eigenvalue weighted by atomic mass is 32.2. The molecule has 0 aliphatic rings. The second-order valence-corrected chi connectivity index (χ2v) is 16.8. The van der Waals surface area contributed by atoms with Gasteiger partial charge in [0.2, 0.25) is 5.82 Å². The van der Waals surface area contributed by atoms with Gasteiger partial charge in [-0.15, -0.1) is 22.0 Å². The van der Waals surface area contributed by atoms with Crippen LogP contribution in [0.1, 0.15) is 58.5 Å². The van der Waals surface area contributed by atoms with E-state index in [1.165, 1.54) is 0 Å². The van der Waals surface area contributed by atoms with E-state index in [1.807, 2.05) is 66.3 Å². The van der Waals surface area contributed by atoms with Gasteiger partial charge in [0, 0.05) is 35.9 Å². The van der Waals surface area contributed by atoms with Crippen molar-refractivity contribution >= 4 is 40.8 Å². The number of carbonyl (C=O) groups excluding carboxylic acids is 2. The lowest BCUT2D eigenvalue weighted by atomic mass is 9.89. The van der Waals surface area contributed by atoms with Crippen LogP contribution < -0.4 is 9.47 Å². The van der Waals surface area contributed by atoms with Crippen molar-refractivity contribution in [1.29, 1.82) is 0 Å². The van der Waals surface area contributed by atoms with E-state index in [4.69, 9.17) is 19.2 Å². The molecule has 0 radical (unpaired) electrons. The highest BCUT2D eigenvalue weighted by Crippen LogP contribution is 2.43. The summed E-state index contributed by atoms with van der Waals surface area (Å²) in [7, 11) is 1.96. The predicted octanol–water partition coefficient (Wildman–Crippen LogP) is 9.09. The van der Waals surface area contributed by atoms with Crippen LogP contribution in [-0.2, 0) is 36.2 Å². The van der Waals surface area contributed by atoms with E-state index < -0.39 is 18.6 Å². The molecule has 5 aromatic carbocycles. The molecule has 0 saturated carbocycles. The van der Waals surface area contributed by atoms with Gasteiger partial charge >= 0.3 is 18.0 Å². The number of fused-ring (bicyclic) bond motifs is 1. The number of aromatic amines is 2. The molecule has 1 amide bonds. The molecule has 8 aromatic rings. The first kappa shape index (κ1) is 44.8. The normalized spacial score (nSPS) is 12.1. The number of nitrogens with one attached hydrogen (secondary N) is 2. The molecule has 2 atom stereocenters. The number of carbonyl (C=O) groups is 3. The van der Waals surface area contributed by atoms with Crippen LogP contribution in [0.4, 0.5) is 4.79 Å². The summed E-state index contributed by atoms with van der Waals surface area (Å²) >= 11 is 1.73. The number of aliphatic carboxylic acids is 1. The van der Waals surface area contributed by atoms with Crippen LogP contribution in [0.2, 0.25) is 0 Å². The lowest BCUT2D eigenvalue weighted by molar-refractivity contribution is -0.138. The SMILES string of the molecule is CCOC(=O)c1cc(-c2ccccc2)c(-c2nn[nH]n2)cc1CCC(C)C(Sc1ccc2nc(COc3ccc(CN(CC(=O)O)C(=O)Oc4ccccc4)cc3)n(C)c2c1)c1cnc[nH]1. The number of esters is 1. The van der Waals surface area contributed by atoms with E-state index in [0.717, 1.165) is 61.0 Å². The number of imidazole rings is 2. The molecular formula is C49H47N9O7S. The Labute approximate surface area is 384 Å². The quantitative estimate of drug-likeness (QED) is 0.0513. The lowest BCUT2D eigenvalue weighted by Gasteiger charge is -2.23. The van der Waals surface area contributed by atoms with Crippen LogP contribution in [0.25, 0.3) is 33.5 Å². The number of ether oxygens (including phenoxy) is 3. The second-order valence-electron chi connectivity index (χ2n) is 15.5. The Morgan fingerprint density at radius 3 is 2.38 bits per heavy atom. The molecule has 0 spiro atoms. The number of amides is 1. The van der Waals surface area contributed by atoms with Gasteiger partial charge in [0.05, 0.1) is 34.8 Å². The summed E-state index contributed by atoms with van der Waals surface area (Å²) in [5.74, 6) is 0.652. The number of carboxylic acid groups (broad SMARTS) is 1. The van der Waals surface area contributed by atoms with Gasteiger partial charge in [0.25, 0.3) is 0 Å². The van der Waals surface area contributed by atoms with Crippen molar-refractivity contribution in [3.8, 4) is 34.0 Å². The molecule has 0 aliphatic carbocycles. The average Bonchev–Trinajstić information content (AvgIpc) is 4.13. The molecule has 66 heavy (non-hydrogen) atoms. The molecular weight excluding hydrogens is 859 g/mol. The van der Waals surface area contributed by atoms with Crippen LogP contribution in [0.5, 0.6) is 11.5 Å². The number of benzene rings is 5. The van der Waals surface area contributed by atoms with Crippen molar-refractivity contribution in [1.82, 2.24) is 45.0 Å². The third-order valence-electron chi connectivity index (χ3n) is 11.0. The van der Waals surface area contributed by atoms with Crippen molar-refractivity contribution in [3.05, 3.63) is 156 Å². The zero-order valence-corrected chi connectivity index (χ0v) is 37.3. The summed E-state index contributed by atoms with van der Waals surface area (Å²) in [6, 6.07) is 35.5. The molecule has 3 N–H and O–H groups in total. The number of rotatable bonds is 19. The van der Waals surface area contributed by atoms with Crippen molar-refractivity contribution in [3.63, 3.8) is 0 Å². The maximum Gasteiger partial charge on any atom is 0.416 e. The van der Waals surface area contributed by atoms with E-state index >= 15 is 0 Å². The number of tetrazole rings is 1. The molecule has 3 aromatic heterocycles. The molecule has 16 nitrogen and oxygen atoms in total. The maximum atomic E-state index is 13.5. The third-order valence-corrected chi connectivity index (χ3v) is 12.5. The number of para-hydroxylation sites is 1. The van der Waals surface area contributed by atoms with Gasteiger partial charge in [-0.3, -0.25) is 9.69 Å². The van der Waals surface area contributed by atoms with Gasteiger partial charge in [-0.2, -0.15) is 5.21 Å². The van der Waals surface area contributed by atoms with E-state index in [1.54, 1.807) is 79.6 Å². The maximum absolute atomic E-state index is 13.5. The molecule has 17 heteroatoms. The standard InChI is InChI=1S/C49H47N9O7S/c1-4-63-48(61)39-25-38(33-11-7-5-8-12-33)40(47-53-55-56-54-47)23-34(39)18-15-31(2)46(42-26-50-30-51-42)66-37-21-22-41-43(24-37)57(3)44(52-41)29-64-35-19-16-32(17-20-35)27-58(28-45(59)60)49(62)65-36-13-9-6-10-14-36/h5-14,16-17,19-26,30-31,46H,4,15,18,27-29H2,1-3H3,(H,50,51)(H,59,60)(H,53,54,55,56). The lowest BCUT2D eigenvalue weighted by Crippen LogP contribution is -2.37.